The Kier molecular flexibility index (Phi) is 4.66. The number of fused-ring (bicyclic) bond motifs is 1. The summed E-state index contributed by atoms with van der Waals surface area (Å²) >= 11 is 0. The Hall–Kier alpha value is -2.60. The van der Waals surface area contributed by atoms with Crippen molar-refractivity contribution in [3.63, 3.8) is 0 Å². The predicted octanol–water partition coefficient (Wildman–Crippen LogP) is 1.56. The average molecular weight is 327 g/mol. The summed E-state index contributed by atoms with van der Waals surface area (Å²) in [5.74, 6) is 0.782. The first-order valence-corrected chi connectivity index (χ1v) is 7.89. The molecule has 0 bridgehead atoms. The molecule has 1 aliphatic rings. The van der Waals surface area contributed by atoms with Crippen LogP contribution in [0.15, 0.2) is 47.0 Å². The molecule has 24 heavy (non-hydrogen) atoms. The number of anilines is 1. The quantitative estimate of drug-likeness (QED) is 0.903. The van der Waals surface area contributed by atoms with E-state index in [4.69, 9.17) is 4.74 Å². The van der Waals surface area contributed by atoms with Crippen molar-refractivity contribution in [1.82, 2.24) is 9.78 Å². The van der Waals surface area contributed by atoms with E-state index in [2.05, 4.69) is 5.10 Å². The number of β-amino-alcohol motifs (C(OH)–C–C–N with tert-alkyl or cyclic N) is 1. The lowest BCUT2D eigenvalue weighted by Crippen LogP contribution is -2.33. The molecule has 3 rings (SSSR count). The van der Waals surface area contributed by atoms with Gasteiger partial charge in [-0.15, -0.1) is 0 Å². The molecule has 0 atom stereocenters. The lowest BCUT2D eigenvalue weighted by atomic mass is 10.0. The number of hydrogen-bond acceptors (Lipinski definition) is 5. The van der Waals surface area contributed by atoms with Crippen LogP contribution in [-0.2, 0) is 13.0 Å². The lowest BCUT2D eigenvalue weighted by molar-refractivity contribution is 0.305. The minimum absolute atomic E-state index is 0.0259. The third-order valence-electron chi connectivity index (χ3n) is 4.09. The van der Waals surface area contributed by atoms with Gasteiger partial charge in [0, 0.05) is 24.7 Å². The van der Waals surface area contributed by atoms with Crippen LogP contribution in [-0.4, -0.2) is 35.1 Å². The third-order valence-corrected chi connectivity index (χ3v) is 4.09. The molecular weight excluding hydrogens is 306 g/mol. The summed E-state index contributed by atoms with van der Waals surface area (Å²) in [6, 6.07) is 7.59. The van der Waals surface area contributed by atoms with Crippen LogP contribution in [0.2, 0.25) is 0 Å². The summed E-state index contributed by atoms with van der Waals surface area (Å²) < 4.78 is 6.63. The molecule has 0 saturated carbocycles. The zero-order valence-electron chi connectivity index (χ0n) is 13.9. The summed E-state index contributed by atoms with van der Waals surface area (Å²) in [6.07, 6.45) is 4.29. The smallest absolute Gasteiger partial charge is 0.272 e. The fourth-order valence-corrected chi connectivity index (χ4v) is 2.90. The lowest BCUT2D eigenvalue weighted by Gasteiger charge is -2.27. The molecule has 0 aliphatic carbocycles. The van der Waals surface area contributed by atoms with E-state index in [0.29, 0.717) is 19.5 Å². The monoisotopic (exact) mass is 327 g/mol. The van der Waals surface area contributed by atoms with Crippen LogP contribution in [0.1, 0.15) is 18.1 Å². The summed E-state index contributed by atoms with van der Waals surface area (Å²) in [5, 5.41) is 13.5. The van der Waals surface area contributed by atoms with Crippen LogP contribution in [0, 0.1) is 0 Å². The van der Waals surface area contributed by atoms with Gasteiger partial charge in [0.15, 0.2) is 0 Å². The number of aliphatic hydroxyl groups excluding tert-OH is 1. The predicted molar refractivity (Wildman–Crippen MR) is 92.5 cm³/mol. The molecule has 6 heteroatoms. The number of allylic oxidation sites excluding steroid dienone is 1. The first-order valence-electron chi connectivity index (χ1n) is 7.89. The van der Waals surface area contributed by atoms with Crippen LogP contribution >= 0.6 is 0 Å². The molecule has 1 aliphatic heterocycles. The van der Waals surface area contributed by atoms with Gasteiger partial charge < -0.3 is 14.7 Å². The van der Waals surface area contributed by atoms with Crippen molar-refractivity contribution in [3.05, 3.63) is 63.7 Å². The van der Waals surface area contributed by atoms with Crippen molar-refractivity contribution in [2.45, 2.75) is 19.9 Å². The number of methoxy groups -OCH3 is 1. The molecular formula is C18H21N3O3. The first-order chi connectivity index (χ1) is 11.6. The summed E-state index contributed by atoms with van der Waals surface area (Å²) in [7, 11) is 1.62. The Morgan fingerprint density at radius 2 is 2.04 bits per heavy atom. The molecule has 2 heterocycles. The van der Waals surface area contributed by atoms with Gasteiger partial charge in [-0.05, 0) is 24.6 Å². The van der Waals surface area contributed by atoms with E-state index in [1.54, 1.807) is 13.3 Å². The number of rotatable bonds is 5. The Morgan fingerprint density at radius 3 is 2.71 bits per heavy atom. The number of hydrogen-bond donors (Lipinski definition) is 1. The molecule has 0 amide bonds. The number of aromatic nitrogens is 2. The van der Waals surface area contributed by atoms with Gasteiger partial charge in [-0.2, -0.15) is 5.10 Å². The van der Waals surface area contributed by atoms with E-state index < -0.39 is 0 Å². The Morgan fingerprint density at radius 1 is 1.29 bits per heavy atom. The standard InChI is InChI=1S/C18H21N3O3/c1-13-9-16-17(20(11-13)7-8-22)10-19-21(18(16)23)12-14-3-5-15(24-2)6-4-14/h3-6,10-11,22H,7-9,12H2,1-2H3. The SMILES string of the molecule is COc1ccc(Cn2ncc3c(c2=O)CC(C)=CN3CCO)cc1. The van der Waals surface area contributed by atoms with Crippen molar-refractivity contribution < 1.29 is 9.84 Å². The average Bonchev–Trinajstić information content (AvgIpc) is 2.59. The van der Waals surface area contributed by atoms with Gasteiger partial charge in [0.25, 0.3) is 5.56 Å². The third kappa shape index (κ3) is 3.19. The summed E-state index contributed by atoms with van der Waals surface area (Å²) in [6.45, 7) is 2.88. The van der Waals surface area contributed by atoms with Crippen LogP contribution < -0.4 is 15.2 Å². The molecule has 0 radical (unpaired) electrons. The van der Waals surface area contributed by atoms with E-state index in [9.17, 15) is 9.90 Å². The Balaban J connectivity index is 1.92. The summed E-state index contributed by atoms with van der Waals surface area (Å²) in [5.41, 5.74) is 3.51. The molecule has 1 aromatic heterocycles. The van der Waals surface area contributed by atoms with Crippen molar-refractivity contribution in [3.8, 4) is 5.75 Å². The van der Waals surface area contributed by atoms with Crippen LogP contribution in [0.25, 0.3) is 0 Å². The van der Waals surface area contributed by atoms with E-state index in [1.165, 1.54) is 4.68 Å². The van der Waals surface area contributed by atoms with E-state index in [0.717, 1.165) is 28.1 Å². The van der Waals surface area contributed by atoms with Crippen LogP contribution in [0.3, 0.4) is 0 Å². The van der Waals surface area contributed by atoms with E-state index in [1.807, 2.05) is 42.3 Å². The van der Waals surface area contributed by atoms with Crippen molar-refractivity contribution >= 4 is 5.69 Å². The molecule has 0 fully saturated rings. The fraction of sp³-hybridized carbons (Fsp3) is 0.333. The van der Waals surface area contributed by atoms with E-state index >= 15 is 0 Å². The number of nitrogens with zero attached hydrogens (tertiary/aromatic N) is 3. The largest absolute Gasteiger partial charge is 0.497 e. The van der Waals surface area contributed by atoms with Gasteiger partial charge in [0.2, 0.25) is 0 Å². The Labute approximate surface area is 140 Å². The van der Waals surface area contributed by atoms with Gasteiger partial charge in [-0.3, -0.25) is 4.79 Å². The topological polar surface area (TPSA) is 67.6 Å². The zero-order chi connectivity index (χ0) is 17.1. The van der Waals surface area contributed by atoms with Crippen molar-refractivity contribution in [2.24, 2.45) is 0 Å². The second kappa shape index (κ2) is 6.88. The maximum absolute atomic E-state index is 12.8. The van der Waals surface area contributed by atoms with Gasteiger partial charge in [0.1, 0.15) is 5.75 Å². The molecule has 126 valence electrons. The van der Waals surface area contributed by atoms with Gasteiger partial charge in [-0.1, -0.05) is 17.7 Å². The second-order valence-corrected chi connectivity index (χ2v) is 5.89. The molecule has 0 spiro atoms. The molecule has 2 aromatic rings. The molecule has 1 aromatic carbocycles. The number of aliphatic hydroxyl groups is 1. The second-order valence-electron chi connectivity index (χ2n) is 5.89. The highest BCUT2D eigenvalue weighted by atomic mass is 16.5. The maximum atomic E-state index is 12.8. The van der Waals surface area contributed by atoms with Crippen molar-refractivity contribution in [2.75, 3.05) is 25.2 Å². The molecule has 1 N–H and O–H groups in total. The normalized spacial score (nSPS) is 13.5. The van der Waals surface area contributed by atoms with Gasteiger partial charge in [-0.25, -0.2) is 4.68 Å². The zero-order valence-corrected chi connectivity index (χ0v) is 13.9. The Bertz CT molecular complexity index is 809. The first kappa shape index (κ1) is 16.3. The van der Waals surface area contributed by atoms with Gasteiger partial charge in [0.05, 0.1) is 32.1 Å². The molecule has 0 saturated heterocycles. The fourth-order valence-electron chi connectivity index (χ4n) is 2.90. The highest BCUT2D eigenvalue weighted by Gasteiger charge is 2.20. The maximum Gasteiger partial charge on any atom is 0.272 e. The number of benzene rings is 1. The minimum atomic E-state index is -0.0845. The van der Waals surface area contributed by atoms with Crippen LogP contribution in [0.4, 0.5) is 5.69 Å². The number of ether oxygens (including phenoxy) is 1. The van der Waals surface area contributed by atoms with E-state index in [-0.39, 0.29) is 12.2 Å². The highest BCUT2D eigenvalue weighted by Crippen LogP contribution is 2.25. The molecule has 6 nitrogen and oxygen atoms in total. The van der Waals surface area contributed by atoms with Gasteiger partial charge >= 0.3 is 0 Å². The summed E-state index contributed by atoms with van der Waals surface area (Å²) in [4.78, 5) is 14.7. The molecule has 0 unspecified atom stereocenters. The van der Waals surface area contributed by atoms with Crippen molar-refractivity contribution in [1.29, 1.82) is 0 Å². The van der Waals surface area contributed by atoms with Crippen LogP contribution in [0.5, 0.6) is 5.75 Å². The minimum Gasteiger partial charge on any atom is -0.497 e. The highest BCUT2D eigenvalue weighted by molar-refractivity contribution is 5.57.